The normalized spacial score (nSPS) is 28.4. The molecule has 0 spiro atoms. The lowest BCUT2D eigenvalue weighted by molar-refractivity contribution is 0.00320. The number of rotatable bonds is 4. The molecule has 25 heavy (non-hydrogen) atoms. The van der Waals surface area contributed by atoms with Crippen LogP contribution in [-0.2, 0) is 0 Å². The van der Waals surface area contributed by atoms with E-state index in [0.29, 0.717) is 22.7 Å². The molecule has 0 unspecified atom stereocenters. The maximum Gasteiger partial charge on any atom is 0.130 e. The standard InChI is InChI=1S/C17H22N4O3S/c1-8(18)13(17-21-10-4-2-3-5-12(10)25-17)16(19)20-11-6-9(7-22)14(23)15(11)24/h2-5,9,11,14-15,22-24H,6-7,18H2,1H3,(H2,19,20)/b13-8+/t9-,11-,14-,15+/m1/s1. The average molecular weight is 362 g/mol. The van der Waals surface area contributed by atoms with E-state index in [1.54, 1.807) is 6.92 Å². The summed E-state index contributed by atoms with van der Waals surface area (Å²) in [5.74, 6) is -0.237. The van der Waals surface area contributed by atoms with Crippen LogP contribution >= 0.6 is 11.3 Å². The highest BCUT2D eigenvalue weighted by atomic mass is 32.1. The molecular formula is C17H22N4O3S. The Morgan fingerprint density at radius 1 is 1.28 bits per heavy atom. The van der Waals surface area contributed by atoms with Crippen LogP contribution in [0.25, 0.3) is 15.8 Å². The predicted octanol–water partition coefficient (Wildman–Crippen LogP) is 0.446. The first-order valence-electron chi connectivity index (χ1n) is 8.05. The summed E-state index contributed by atoms with van der Waals surface area (Å²) < 4.78 is 1.01. The quantitative estimate of drug-likeness (QED) is 0.395. The van der Waals surface area contributed by atoms with Gasteiger partial charge in [-0.2, -0.15) is 0 Å². The van der Waals surface area contributed by atoms with Crippen molar-refractivity contribution in [3.63, 3.8) is 0 Å². The van der Waals surface area contributed by atoms with Crippen molar-refractivity contribution in [3.8, 4) is 0 Å². The molecule has 1 aromatic carbocycles. The Hall–Kier alpha value is -2.00. The zero-order valence-corrected chi connectivity index (χ0v) is 14.6. The number of aliphatic hydroxyl groups is 3. The summed E-state index contributed by atoms with van der Waals surface area (Å²) in [4.78, 5) is 8.94. The van der Waals surface area contributed by atoms with Gasteiger partial charge in [0.15, 0.2) is 0 Å². The maximum atomic E-state index is 10.1. The van der Waals surface area contributed by atoms with Crippen molar-refractivity contribution in [2.75, 3.05) is 6.61 Å². The molecule has 1 aliphatic rings. The molecule has 1 heterocycles. The van der Waals surface area contributed by atoms with Gasteiger partial charge in [-0.15, -0.1) is 11.3 Å². The van der Waals surface area contributed by atoms with Gasteiger partial charge < -0.3 is 26.8 Å². The topological polar surface area (TPSA) is 138 Å². The van der Waals surface area contributed by atoms with Crippen LogP contribution in [-0.4, -0.2) is 51.0 Å². The fraction of sp³-hybridized carbons (Fsp3) is 0.412. The van der Waals surface area contributed by atoms with Crippen molar-refractivity contribution in [1.29, 1.82) is 0 Å². The molecule has 1 aromatic heterocycles. The monoisotopic (exact) mass is 362 g/mol. The molecule has 1 fully saturated rings. The molecule has 7 nitrogen and oxygen atoms in total. The molecule has 7 N–H and O–H groups in total. The van der Waals surface area contributed by atoms with Gasteiger partial charge in [0.2, 0.25) is 0 Å². The number of hydrogen-bond acceptors (Lipinski definition) is 7. The Morgan fingerprint density at radius 3 is 2.60 bits per heavy atom. The Balaban J connectivity index is 1.95. The summed E-state index contributed by atoms with van der Waals surface area (Å²) in [5.41, 5.74) is 14.1. The number of allylic oxidation sites excluding steroid dienone is 1. The third-order valence-corrected chi connectivity index (χ3v) is 5.52. The summed E-state index contributed by atoms with van der Waals surface area (Å²) in [5, 5.41) is 30.0. The fourth-order valence-corrected chi connectivity index (χ4v) is 4.19. The van der Waals surface area contributed by atoms with E-state index in [1.807, 2.05) is 24.3 Å². The third kappa shape index (κ3) is 3.38. The summed E-state index contributed by atoms with van der Waals surface area (Å²) in [7, 11) is 0. The summed E-state index contributed by atoms with van der Waals surface area (Å²) >= 11 is 1.46. The maximum absolute atomic E-state index is 10.1. The number of aliphatic hydroxyl groups excluding tert-OH is 3. The van der Waals surface area contributed by atoms with Crippen molar-refractivity contribution in [2.45, 2.75) is 31.6 Å². The predicted molar refractivity (Wildman–Crippen MR) is 99.0 cm³/mol. The molecular weight excluding hydrogens is 340 g/mol. The minimum atomic E-state index is -1.06. The lowest BCUT2D eigenvalue weighted by Crippen LogP contribution is -2.32. The number of fused-ring (bicyclic) bond motifs is 1. The number of hydrogen-bond donors (Lipinski definition) is 5. The molecule has 0 radical (unpaired) electrons. The highest BCUT2D eigenvalue weighted by molar-refractivity contribution is 7.19. The van der Waals surface area contributed by atoms with Gasteiger partial charge in [0.1, 0.15) is 16.9 Å². The summed E-state index contributed by atoms with van der Waals surface area (Å²) in [6.07, 6.45) is -1.72. The summed E-state index contributed by atoms with van der Waals surface area (Å²) in [6, 6.07) is 7.14. The molecule has 0 amide bonds. The van der Waals surface area contributed by atoms with Crippen molar-refractivity contribution in [1.82, 2.24) is 4.98 Å². The lowest BCUT2D eigenvalue weighted by atomic mass is 10.1. The molecule has 2 aromatic rings. The first-order valence-corrected chi connectivity index (χ1v) is 8.87. The zero-order chi connectivity index (χ0) is 18.1. The zero-order valence-electron chi connectivity index (χ0n) is 13.8. The first-order chi connectivity index (χ1) is 11.9. The number of benzene rings is 1. The Labute approximate surface area is 149 Å². The van der Waals surface area contributed by atoms with E-state index in [2.05, 4.69) is 9.98 Å². The second-order valence-electron chi connectivity index (χ2n) is 6.29. The van der Waals surface area contributed by atoms with Crippen LogP contribution in [0.15, 0.2) is 35.0 Å². The van der Waals surface area contributed by atoms with E-state index in [0.717, 1.165) is 10.2 Å². The van der Waals surface area contributed by atoms with E-state index in [9.17, 15) is 15.3 Å². The second kappa shape index (κ2) is 7.09. The Bertz CT molecular complexity index is 795. The van der Waals surface area contributed by atoms with E-state index in [4.69, 9.17) is 11.5 Å². The van der Waals surface area contributed by atoms with Crippen LogP contribution in [0.2, 0.25) is 0 Å². The van der Waals surface area contributed by atoms with Gasteiger partial charge >= 0.3 is 0 Å². The number of thiazole rings is 1. The number of para-hydroxylation sites is 1. The highest BCUT2D eigenvalue weighted by Crippen LogP contribution is 2.31. The molecule has 1 aliphatic carbocycles. The number of nitrogens with zero attached hydrogens (tertiary/aromatic N) is 2. The van der Waals surface area contributed by atoms with Crippen molar-refractivity contribution < 1.29 is 15.3 Å². The molecule has 0 bridgehead atoms. The second-order valence-corrected chi connectivity index (χ2v) is 7.32. The number of nitrogens with two attached hydrogens (primary N) is 2. The smallest absolute Gasteiger partial charge is 0.130 e. The van der Waals surface area contributed by atoms with Crippen LogP contribution in [0.1, 0.15) is 18.4 Å². The van der Waals surface area contributed by atoms with Crippen LogP contribution in [0.5, 0.6) is 0 Å². The van der Waals surface area contributed by atoms with E-state index in [1.165, 1.54) is 11.3 Å². The molecule has 0 aliphatic heterocycles. The Kier molecular flexibility index (Phi) is 5.05. The fourth-order valence-electron chi connectivity index (χ4n) is 3.11. The first kappa shape index (κ1) is 17.8. The van der Waals surface area contributed by atoms with E-state index >= 15 is 0 Å². The Morgan fingerprint density at radius 2 is 2.00 bits per heavy atom. The van der Waals surface area contributed by atoms with Gasteiger partial charge in [0.05, 0.1) is 27.9 Å². The van der Waals surface area contributed by atoms with Crippen molar-refractivity contribution in [3.05, 3.63) is 35.0 Å². The highest BCUT2D eigenvalue weighted by Gasteiger charge is 2.41. The van der Waals surface area contributed by atoms with Crippen LogP contribution in [0.3, 0.4) is 0 Å². The van der Waals surface area contributed by atoms with Crippen LogP contribution in [0.4, 0.5) is 0 Å². The third-order valence-electron chi connectivity index (χ3n) is 4.47. The van der Waals surface area contributed by atoms with Gasteiger partial charge in [-0.25, -0.2) is 4.98 Å². The lowest BCUT2D eigenvalue weighted by Gasteiger charge is -2.15. The molecule has 4 atom stereocenters. The number of aliphatic imine (C=N–C) groups is 1. The largest absolute Gasteiger partial charge is 0.402 e. The molecule has 3 rings (SSSR count). The van der Waals surface area contributed by atoms with Gasteiger partial charge in [-0.3, -0.25) is 4.99 Å². The van der Waals surface area contributed by atoms with E-state index in [-0.39, 0.29) is 12.4 Å². The number of aromatic nitrogens is 1. The van der Waals surface area contributed by atoms with Crippen LogP contribution in [0, 0.1) is 5.92 Å². The van der Waals surface area contributed by atoms with Gasteiger partial charge in [-0.05, 0) is 25.5 Å². The van der Waals surface area contributed by atoms with Crippen molar-refractivity contribution in [2.24, 2.45) is 22.4 Å². The SMILES string of the molecule is C/C(N)=C(/C(N)=N[C@@H]1C[C@H](CO)[C@@H](O)[C@H]1O)c1nc2ccccc2s1. The average Bonchev–Trinajstić information content (AvgIpc) is 3.10. The van der Waals surface area contributed by atoms with Crippen LogP contribution < -0.4 is 11.5 Å². The minimum absolute atomic E-state index is 0.175. The minimum Gasteiger partial charge on any atom is -0.402 e. The summed E-state index contributed by atoms with van der Waals surface area (Å²) in [6.45, 7) is 1.51. The molecule has 134 valence electrons. The molecule has 1 saturated carbocycles. The van der Waals surface area contributed by atoms with Gasteiger partial charge in [-0.1, -0.05) is 12.1 Å². The van der Waals surface area contributed by atoms with E-state index < -0.39 is 24.2 Å². The molecule has 8 heteroatoms. The number of amidine groups is 1. The van der Waals surface area contributed by atoms with Gasteiger partial charge in [0, 0.05) is 18.2 Å². The van der Waals surface area contributed by atoms with Crippen molar-refractivity contribution >= 4 is 33.0 Å². The van der Waals surface area contributed by atoms with Gasteiger partial charge in [0.25, 0.3) is 0 Å². The molecule has 0 saturated heterocycles.